The van der Waals surface area contributed by atoms with E-state index < -0.39 is 57.5 Å². The highest BCUT2D eigenvalue weighted by Gasteiger charge is 2.46. The molecule has 3 N–H and O–H groups in total. The summed E-state index contributed by atoms with van der Waals surface area (Å²) >= 11 is 0. The van der Waals surface area contributed by atoms with Crippen molar-refractivity contribution in [1.82, 2.24) is 0 Å². The maximum atomic E-state index is 11.0. The molecule has 4 unspecified atom stereocenters. The van der Waals surface area contributed by atoms with Gasteiger partial charge in [0.15, 0.2) is 12.4 Å². The van der Waals surface area contributed by atoms with E-state index in [4.69, 9.17) is 4.74 Å². The van der Waals surface area contributed by atoms with Crippen molar-refractivity contribution >= 4 is 20.2 Å². The first-order valence-electron chi connectivity index (χ1n) is 5.33. The van der Waals surface area contributed by atoms with Gasteiger partial charge in [0.1, 0.15) is 18.3 Å². The van der Waals surface area contributed by atoms with Gasteiger partial charge in [-0.25, -0.2) is 0 Å². The molecule has 0 bridgehead atoms. The molecule has 5 atom stereocenters. The average Bonchev–Trinajstić information content (AvgIpc) is 2.25. The van der Waals surface area contributed by atoms with Crippen LogP contribution in [0.15, 0.2) is 0 Å². The topological polar surface area (TPSA) is 157 Å². The van der Waals surface area contributed by atoms with Crippen LogP contribution in [0.25, 0.3) is 0 Å². The highest BCUT2D eigenvalue weighted by atomic mass is 32.2. The number of aliphatic hydroxyl groups excluding tert-OH is 3. The van der Waals surface area contributed by atoms with E-state index in [0.29, 0.717) is 6.26 Å². The summed E-state index contributed by atoms with van der Waals surface area (Å²) < 4.78 is 57.1. The van der Waals surface area contributed by atoms with Crippen LogP contribution in [0, 0.1) is 0 Å². The predicted molar refractivity (Wildman–Crippen MR) is 63.4 cm³/mol. The third-order valence-electron chi connectivity index (χ3n) is 2.39. The molecule has 0 saturated carbocycles. The maximum absolute atomic E-state index is 11.0. The van der Waals surface area contributed by atoms with Crippen molar-refractivity contribution in [3.63, 3.8) is 0 Å². The van der Waals surface area contributed by atoms with Crippen molar-refractivity contribution in [2.24, 2.45) is 0 Å². The molecule has 1 aliphatic heterocycles. The molecule has 12 heteroatoms. The van der Waals surface area contributed by atoms with Gasteiger partial charge in [-0.2, -0.15) is 16.8 Å². The number of hydrogen-bond acceptors (Lipinski definition) is 10. The van der Waals surface area contributed by atoms with Gasteiger partial charge < -0.3 is 20.1 Å². The number of ether oxygens (including phenoxy) is 1. The van der Waals surface area contributed by atoms with Crippen LogP contribution in [0.1, 0.15) is 0 Å². The summed E-state index contributed by atoms with van der Waals surface area (Å²) in [6.45, 7) is -0.653. The van der Waals surface area contributed by atoms with Crippen LogP contribution in [0.5, 0.6) is 0 Å². The van der Waals surface area contributed by atoms with Gasteiger partial charge in [0.05, 0.1) is 19.1 Å². The SMILES string of the molecule is CS(=O)(=O)OCC1OC(O)[C@H](OS(C)(=O)=O)C(O)C1O. The first kappa shape index (κ1) is 17.7. The molecular weight excluding hydrogens is 320 g/mol. The Morgan fingerprint density at radius 2 is 1.55 bits per heavy atom. The Hall–Kier alpha value is -0.340. The van der Waals surface area contributed by atoms with Crippen LogP contribution in [-0.4, -0.2) is 82.0 Å². The molecule has 0 amide bonds. The van der Waals surface area contributed by atoms with E-state index in [9.17, 15) is 32.2 Å². The average molecular weight is 336 g/mol. The molecule has 0 aromatic rings. The fourth-order valence-electron chi connectivity index (χ4n) is 1.55. The molecule has 1 saturated heterocycles. The van der Waals surface area contributed by atoms with E-state index in [0.717, 1.165) is 6.26 Å². The molecule has 10 nitrogen and oxygen atoms in total. The Morgan fingerprint density at radius 1 is 1.00 bits per heavy atom. The minimum atomic E-state index is -4.00. The second-order valence-electron chi connectivity index (χ2n) is 4.30. The number of hydrogen-bond donors (Lipinski definition) is 3. The van der Waals surface area contributed by atoms with Crippen LogP contribution in [0.2, 0.25) is 0 Å². The molecule has 1 aliphatic rings. The molecule has 0 aromatic heterocycles. The zero-order chi connectivity index (χ0) is 15.7. The Labute approximate surface area is 116 Å². The van der Waals surface area contributed by atoms with Gasteiger partial charge in [0.25, 0.3) is 20.2 Å². The molecule has 0 radical (unpaired) electrons. The van der Waals surface area contributed by atoms with Crippen molar-refractivity contribution in [3.8, 4) is 0 Å². The predicted octanol–water partition coefficient (Wildman–Crippen LogP) is -3.25. The van der Waals surface area contributed by atoms with Crippen LogP contribution in [0.4, 0.5) is 0 Å². The van der Waals surface area contributed by atoms with E-state index >= 15 is 0 Å². The third-order valence-corrected chi connectivity index (χ3v) is 3.53. The van der Waals surface area contributed by atoms with E-state index in [1.54, 1.807) is 0 Å². The summed E-state index contributed by atoms with van der Waals surface area (Å²) in [6.07, 6.45) is -7.02. The Kier molecular flexibility index (Phi) is 5.48. The second kappa shape index (κ2) is 6.19. The lowest BCUT2D eigenvalue weighted by Crippen LogP contribution is -2.59. The van der Waals surface area contributed by atoms with Crippen molar-refractivity contribution in [1.29, 1.82) is 0 Å². The van der Waals surface area contributed by atoms with E-state index in [-0.39, 0.29) is 0 Å². The van der Waals surface area contributed by atoms with Gasteiger partial charge in [-0.3, -0.25) is 8.37 Å². The first-order chi connectivity index (χ1) is 8.91. The summed E-state index contributed by atoms with van der Waals surface area (Å²) in [5, 5.41) is 28.9. The molecule has 120 valence electrons. The minimum absolute atomic E-state index is 0.653. The van der Waals surface area contributed by atoms with Gasteiger partial charge in [-0.05, 0) is 0 Å². The summed E-state index contributed by atoms with van der Waals surface area (Å²) in [5.74, 6) is 0. The van der Waals surface area contributed by atoms with Gasteiger partial charge in [0.2, 0.25) is 0 Å². The summed E-state index contributed by atoms with van der Waals surface area (Å²) in [4.78, 5) is 0. The van der Waals surface area contributed by atoms with Gasteiger partial charge in [0, 0.05) is 0 Å². The maximum Gasteiger partial charge on any atom is 0.264 e. The standard InChI is InChI=1S/C8H16O10S2/c1-19(12,13)16-3-4-5(9)6(10)7(8(11)17-4)18-20(2,14)15/h4-11H,3H2,1-2H3/t4?,5?,6?,7-,8?/m1/s1. The fraction of sp³-hybridized carbons (Fsp3) is 1.00. The van der Waals surface area contributed by atoms with Crippen molar-refractivity contribution in [2.75, 3.05) is 19.1 Å². The first-order valence-corrected chi connectivity index (χ1v) is 8.96. The van der Waals surface area contributed by atoms with Crippen molar-refractivity contribution in [3.05, 3.63) is 0 Å². The van der Waals surface area contributed by atoms with E-state index in [2.05, 4.69) is 8.37 Å². The quantitative estimate of drug-likeness (QED) is 0.435. The Morgan fingerprint density at radius 3 is 2.00 bits per heavy atom. The molecular formula is C8H16O10S2. The van der Waals surface area contributed by atoms with E-state index in [1.165, 1.54) is 0 Å². The molecule has 1 heterocycles. The van der Waals surface area contributed by atoms with Crippen LogP contribution >= 0.6 is 0 Å². The summed E-state index contributed by atoms with van der Waals surface area (Å²) in [6, 6.07) is 0. The zero-order valence-corrected chi connectivity index (χ0v) is 12.2. The monoisotopic (exact) mass is 336 g/mol. The smallest absolute Gasteiger partial charge is 0.264 e. The third kappa shape index (κ3) is 5.21. The van der Waals surface area contributed by atoms with Gasteiger partial charge >= 0.3 is 0 Å². The van der Waals surface area contributed by atoms with Crippen molar-refractivity contribution in [2.45, 2.75) is 30.7 Å². The summed E-state index contributed by atoms with van der Waals surface area (Å²) in [5.41, 5.74) is 0. The lowest BCUT2D eigenvalue weighted by atomic mass is 9.99. The molecule has 0 aliphatic carbocycles. The van der Waals surface area contributed by atoms with E-state index in [1.807, 2.05) is 0 Å². The molecule has 0 aromatic carbocycles. The molecule has 0 spiro atoms. The minimum Gasteiger partial charge on any atom is -0.387 e. The second-order valence-corrected chi connectivity index (χ2v) is 7.54. The molecule has 20 heavy (non-hydrogen) atoms. The number of rotatable bonds is 5. The lowest BCUT2D eigenvalue weighted by molar-refractivity contribution is -0.278. The van der Waals surface area contributed by atoms with Crippen LogP contribution in [-0.2, 0) is 33.3 Å². The fourth-order valence-corrected chi connectivity index (χ4v) is 2.55. The lowest BCUT2D eigenvalue weighted by Gasteiger charge is -2.39. The highest BCUT2D eigenvalue weighted by molar-refractivity contribution is 7.86. The molecule has 1 fully saturated rings. The Balaban J connectivity index is 2.76. The zero-order valence-electron chi connectivity index (χ0n) is 10.6. The molecule has 1 rings (SSSR count). The Bertz CT molecular complexity index is 523. The van der Waals surface area contributed by atoms with Crippen LogP contribution < -0.4 is 0 Å². The highest BCUT2D eigenvalue weighted by Crippen LogP contribution is 2.23. The van der Waals surface area contributed by atoms with Gasteiger partial charge in [-0.1, -0.05) is 0 Å². The van der Waals surface area contributed by atoms with Crippen LogP contribution in [0.3, 0.4) is 0 Å². The number of aliphatic hydroxyl groups is 3. The largest absolute Gasteiger partial charge is 0.387 e. The summed E-state index contributed by atoms with van der Waals surface area (Å²) in [7, 11) is -7.81. The van der Waals surface area contributed by atoms with Gasteiger partial charge in [-0.15, -0.1) is 0 Å². The normalized spacial score (nSPS) is 36.0. The van der Waals surface area contributed by atoms with Crippen molar-refractivity contribution < 1.29 is 45.3 Å².